The number of hydrogen-bond donors (Lipinski definition) is 2. The Morgan fingerprint density at radius 2 is 0.754 bits per heavy atom. The number of ether oxygens (including phenoxy) is 2. The van der Waals surface area contributed by atoms with Gasteiger partial charge < -0.3 is 20.1 Å². The fourth-order valence-corrected chi connectivity index (χ4v) is 6.91. The van der Waals surface area contributed by atoms with Crippen LogP contribution < -0.4 is 5.73 Å². The van der Waals surface area contributed by atoms with E-state index in [4.69, 9.17) is 24.3 Å². The van der Waals surface area contributed by atoms with Crippen molar-refractivity contribution < 1.29 is 37.6 Å². The van der Waals surface area contributed by atoms with E-state index in [1.54, 1.807) is 0 Å². The molecule has 0 rings (SSSR count). The number of hydrogen-bond acceptors (Lipinski definition) is 8. The predicted molar refractivity (Wildman–Crippen MR) is 293 cm³/mol. The van der Waals surface area contributed by atoms with Crippen molar-refractivity contribution in [1.29, 1.82) is 0 Å². The number of unbranched alkanes of at least 4 members (excludes halogenated alkanes) is 7. The molecule has 0 radical (unpaired) electrons. The van der Waals surface area contributed by atoms with Gasteiger partial charge >= 0.3 is 19.8 Å². The molecule has 0 spiro atoms. The minimum absolute atomic E-state index is 0.0334. The second-order valence-corrected chi connectivity index (χ2v) is 17.7. The molecule has 0 saturated heterocycles. The van der Waals surface area contributed by atoms with E-state index in [-0.39, 0.29) is 32.6 Å². The maximum atomic E-state index is 12.7. The van der Waals surface area contributed by atoms with Gasteiger partial charge in [-0.1, -0.05) is 191 Å². The average Bonchev–Trinajstić information content (AvgIpc) is 3.34. The highest BCUT2D eigenvalue weighted by Crippen LogP contribution is 2.43. The Kier molecular flexibility index (Phi) is 49.6. The zero-order valence-electron chi connectivity index (χ0n) is 42.7. The Balaban J connectivity index is 4.24. The number of carbonyl (C=O) groups excluding carboxylic acids is 2. The van der Waals surface area contributed by atoms with Gasteiger partial charge in [0.05, 0.1) is 13.2 Å². The number of esters is 2. The van der Waals surface area contributed by atoms with Gasteiger partial charge in [0.2, 0.25) is 0 Å². The standard InChI is InChI=1S/C59H92NO8P/c1-3-5-7-9-11-13-15-17-19-21-23-25-27-28-30-32-34-36-38-40-42-44-46-48-50-52-59(62)68-57(56-67-69(63,64)66-54-53-60)55-65-58(61)51-49-47-45-43-41-39-37-35-33-31-29-26-24-22-20-18-16-14-12-10-8-6-4-2/h5-8,11-14,17-20,23-26,28,30-31,33-34,36-37,39-40,42,57H,3-4,9-10,15-16,21-22,27,29,32,35,38,41,43-56,60H2,1-2H3,(H,63,64)/b7-5-,8-6-,13-11-,14-12-,19-17-,20-18-,25-23-,26-24-,30-28-,33-31-,36-34-,39-37-,42-40-. The van der Waals surface area contributed by atoms with E-state index in [9.17, 15) is 19.0 Å². The Labute approximate surface area is 419 Å². The minimum Gasteiger partial charge on any atom is -0.462 e. The smallest absolute Gasteiger partial charge is 0.462 e. The first kappa shape index (κ1) is 64.6. The molecule has 0 aliphatic carbocycles. The van der Waals surface area contributed by atoms with E-state index in [1.165, 1.54) is 0 Å². The van der Waals surface area contributed by atoms with Crippen LogP contribution in [-0.2, 0) is 32.7 Å². The summed E-state index contributed by atoms with van der Waals surface area (Å²) in [5.74, 6) is -0.913. The maximum absolute atomic E-state index is 12.7. The summed E-state index contributed by atoms with van der Waals surface area (Å²) in [6, 6.07) is 0. The first-order chi connectivity index (χ1) is 33.8. The quantitative estimate of drug-likeness (QED) is 0.0265. The number of carbonyl (C=O) groups is 2. The lowest BCUT2D eigenvalue weighted by Crippen LogP contribution is -2.29. The molecule has 2 unspecified atom stereocenters. The van der Waals surface area contributed by atoms with Crippen LogP contribution in [0.1, 0.15) is 168 Å². The van der Waals surface area contributed by atoms with Crippen molar-refractivity contribution in [2.24, 2.45) is 5.73 Å². The van der Waals surface area contributed by atoms with Crippen molar-refractivity contribution in [3.05, 3.63) is 158 Å². The Morgan fingerprint density at radius 1 is 0.435 bits per heavy atom. The fourth-order valence-electron chi connectivity index (χ4n) is 6.15. The van der Waals surface area contributed by atoms with Gasteiger partial charge in [-0.3, -0.25) is 18.6 Å². The summed E-state index contributed by atoms with van der Waals surface area (Å²) in [5.41, 5.74) is 5.36. The van der Waals surface area contributed by atoms with Crippen molar-refractivity contribution in [3.63, 3.8) is 0 Å². The van der Waals surface area contributed by atoms with Crippen molar-refractivity contribution in [3.8, 4) is 0 Å². The predicted octanol–water partition coefficient (Wildman–Crippen LogP) is 16.2. The molecule has 0 aliphatic heterocycles. The summed E-state index contributed by atoms with van der Waals surface area (Å²) in [5, 5.41) is 0. The van der Waals surface area contributed by atoms with E-state index in [0.29, 0.717) is 12.8 Å². The van der Waals surface area contributed by atoms with Gasteiger partial charge in [-0.25, -0.2) is 4.57 Å². The third-order valence-electron chi connectivity index (χ3n) is 9.91. The summed E-state index contributed by atoms with van der Waals surface area (Å²) < 4.78 is 32.9. The maximum Gasteiger partial charge on any atom is 0.472 e. The van der Waals surface area contributed by atoms with Crippen LogP contribution in [0.4, 0.5) is 0 Å². The molecule has 0 amide bonds. The van der Waals surface area contributed by atoms with Crippen LogP contribution in [0, 0.1) is 0 Å². The highest BCUT2D eigenvalue weighted by Gasteiger charge is 2.26. The summed E-state index contributed by atoms with van der Waals surface area (Å²) in [7, 11) is -4.42. The van der Waals surface area contributed by atoms with Crippen LogP contribution in [0.2, 0.25) is 0 Å². The Hall–Kier alpha value is -4.37. The molecule has 0 aromatic rings. The third-order valence-corrected chi connectivity index (χ3v) is 10.9. The largest absolute Gasteiger partial charge is 0.472 e. The zero-order valence-corrected chi connectivity index (χ0v) is 43.6. The molecule has 3 N–H and O–H groups in total. The molecule has 0 saturated carbocycles. The van der Waals surface area contributed by atoms with Crippen LogP contribution in [0.5, 0.6) is 0 Å². The van der Waals surface area contributed by atoms with Crippen LogP contribution in [0.3, 0.4) is 0 Å². The van der Waals surface area contributed by atoms with Crippen molar-refractivity contribution in [2.45, 2.75) is 174 Å². The molecule has 10 heteroatoms. The van der Waals surface area contributed by atoms with Gasteiger partial charge in [0, 0.05) is 19.4 Å². The molecule has 386 valence electrons. The molecule has 0 aromatic heterocycles. The third kappa shape index (κ3) is 52.8. The SMILES string of the molecule is CC/C=C\C/C=C\C/C=C\C/C=C\C/C=C\C/C=C\C/C=C\CCCCCC(=O)OC(COC(=O)CCCCCC/C=C\C/C=C\C/C=C\C/C=C\C/C=C\C/C=C\CC)COP(=O)(O)OCCN. The molecule has 0 fully saturated rings. The lowest BCUT2D eigenvalue weighted by Gasteiger charge is -2.19. The first-order valence-corrected chi connectivity index (χ1v) is 27.5. The molecule has 0 aliphatic rings. The molecule has 2 atom stereocenters. The number of nitrogens with two attached hydrogens (primary N) is 1. The molecular weight excluding hydrogens is 882 g/mol. The number of rotatable bonds is 46. The van der Waals surface area contributed by atoms with E-state index < -0.39 is 32.5 Å². The monoisotopic (exact) mass is 974 g/mol. The van der Waals surface area contributed by atoms with Gasteiger partial charge in [0.1, 0.15) is 6.61 Å². The van der Waals surface area contributed by atoms with E-state index >= 15 is 0 Å². The molecule has 0 bridgehead atoms. The summed E-state index contributed by atoms with van der Waals surface area (Å²) in [6.45, 7) is 3.40. The van der Waals surface area contributed by atoms with Crippen molar-refractivity contribution in [2.75, 3.05) is 26.4 Å². The lowest BCUT2D eigenvalue weighted by atomic mass is 10.1. The molecule has 69 heavy (non-hydrogen) atoms. The zero-order chi connectivity index (χ0) is 50.2. The van der Waals surface area contributed by atoms with Crippen LogP contribution in [0.25, 0.3) is 0 Å². The second-order valence-electron chi connectivity index (χ2n) is 16.3. The highest BCUT2D eigenvalue weighted by molar-refractivity contribution is 7.47. The molecule has 0 heterocycles. The Bertz CT molecular complexity index is 1680. The Morgan fingerprint density at radius 3 is 1.12 bits per heavy atom. The van der Waals surface area contributed by atoms with Gasteiger partial charge in [-0.2, -0.15) is 0 Å². The van der Waals surface area contributed by atoms with Gasteiger partial charge in [-0.05, 0) is 122 Å². The number of allylic oxidation sites excluding steroid dienone is 26. The van der Waals surface area contributed by atoms with E-state index in [0.717, 1.165) is 128 Å². The van der Waals surface area contributed by atoms with E-state index in [1.807, 2.05) is 0 Å². The van der Waals surface area contributed by atoms with Crippen molar-refractivity contribution in [1.82, 2.24) is 0 Å². The minimum atomic E-state index is -4.42. The van der Waals surface area contributed by atoms with Gasteiger partial charge in [0.15, 0.2) is 6.10 Å². The van der Waals surface area contributed by atoms with Crippen LogP contribution >= 0.6 is 7.82 Å². The molecule has 0 aromatic carbocycles. The molecule has 9 nitrogen and oxygen atoms in total. The summed E-state index contributed by atoms with van der Waals surface area (Å²) in [6.07, 6.45) is 77.1. The van der Waals surface area contributed by atoms with Crippen molar-refractivity contribution >= 4 is 19.8 Å². The van der Waals surface area contributed by atoms with E-state index in [2.05, 4.69) is 172 Å². The highest BCUT2D eigenvalue weighted by atomic mass is 31.2. The number of phosphoric ester groups is 1. The van der Waals surface area contributed by atoms with Gasteiger partial charge in [0.25, 0.3) is 0 Å². The van der Waals surface area contributed by atoms with Crippen LogP contribution in [0.15, 0.2) is 158 Å². The average molecular weight is 974 g/mol. The number of phosphoric acid groups is 1. The normalized spacial score (nSPS) is 14.4. The fraction of sp³-hybridized carbons (Fsp3) is 0.525. The summed E-state index contributed by atoms with van der Waals surface area (Å²) >= 11 is 0. The van der Waals surface area contributed by atoms with Gasteiger partial charge in [-0.15, -0.1) is 0 Å². The lowest BCUT2D eigenvalue weighted by molar-refractivity contribution is -0.161. The molecular formula is C59H92NO8P. The summed E-state index contributed by atoms with van der Waals surface area (Å²) in [4.78, 5) is 35.1. The second kappa shape index (κ2) is 53.0. The first-order valence-electron chi connectivity index (χ1n) is 26.0. The van der Waals surface area contributed by atoms with Crippen LogP contribution in [-0.4, -0.2) is 49.3 Å². The topological polar surface area (TPSA) is 134 Å².